The van der Waals surface area contributed by atoms with Gasteiger partial charge in [0.15, 0.2) is 0 Å². The van der Waals surface area contributed by atoms with E-state index in [9.17, 15) is 9.59 Å². The summed E-state index contributed by atoms with van der Waals surface area (Å²) in [5.74, 6) is -0.274. The van der Waals surface area contributed by atoms with Crippen molar-refractivity contribution >= 4 is 34.8 Å². The first kappa shape index (κ1) is 18.0. The molecule has 0 atom stereocenters. The van der Waals surface area contributed by atoms with E-state index in [2.05, 4.69) is 5.32 Å². The highest BCUT2D eigenvalue weighted by molar-refractivity contribution is 6.34. The van der Waals surface area contributed by atoms with Crippen molar-refractivity contribution in [2.75, 3.05) is 16.8 Å². The Kier molecular flexibility index (Phi) is 5.99. The van der Waals surface area contributed by atoms with Crippen LogP contribution in [0.5, 0.6) is 0 Å². The van der Waals surface area contributed by atoms with Crippen LogP contribution in [0.3, 0.4) is 0 Å². The summed E-state index contributed by atoms with van der Waals surface area (Å²) in [7, 11) is 0. The van der Waals surface area contributed by atoms with Gasteiger partial charge < -0.3 is 10.2 Å². The van der Waals surface area contributed by atoms with Crippen LogP contribution in [0, 0.1) is 13.8 Å². The van der Waals surface area contributed by atoms with E-state index in [0.29, 0.717) is 17.3 Å². The summed E-state index contributed by atoms with van der Waals surface area (Å²) in [6, 6.07) is 13.1. The second kappa shape index (κ2) is 7.97. The Balaban J connectivity index is 2.03. The number of para-hydroxylation sites is 1. The zero-order chi connectivity index (χ0) is 17.7. The number of hydrogen-bond donors (Lipinski definition) is 1. The molecule has 0 saturated heterocycles. The zero-order valence-corrected chi connectivity index (χ0v) is 14.9. The molecule has 0 spiro atoms. The van der Waals surface area contributed by atoms with Crippen LogP contribution in [-0.4, -0.2) is 18.4 Å². The van der Waals surface area contributed by atoms with Gasteiger partial charge in [0, 0.05) is 25.6 Å². The third-order valence-corrected chi connectivity index (χ3v) is 4.00. The maximum atomic E-state index is 12.3. The van der Waals surface area contributed by atoms with Crippen molar-refractivity contribution in [1.29, 1.82) is 0 Å². The van der Waals surface area contributed by atoms with Gasteiger partial charge in [-0.3, -0.25) is 9.59 Å². The third-order valence-electron chi connectivity index (χ3n) is 3.71. The van der Waals surface area contributed by atoms with Crippen molar-refractivity contribution in [3.63, 3.8) is 0 Å². The molecule has 0 aliphatic rings. The number of hydrogen-bond acceptors (Lipinski definition) is 2. The van der Waals surface area contributed by atoms with Crippen LogP contribution >= 0.6 is 11.6 Å². The Labute approximate surface area is 147 Å². The molecule has 0 saturated carbocycles. The second-order valence-corrected chi connectivity index (χ2v) is 6.15. The highest BCUT2D eigenvalue weighted by Crippen LogP contribution is 2.27. The maximum absolute atomic E-state index is 12.3. The zero-order valence-electron chi connectivity index (χ0n) is 14.1. The Morgan fingerprint density at radius 2 is 1.79 bits per heavy atom. The van der Waals surface area contributed by atoms with Crippen molar-refractivity contribution in [2.45, 2.75) is 27.2 Å². The molecule has 2 aromatic rings. The van der Waals surface area contributed by atoms with Crippen LogP contribution in [-0.2, 0) is 9.59 Å². The van der Waals surface area contributed by atoms with Crippen LogP contribution in [0.2, 0.25) is 5.02 Å². The number of halogens is 1. The molecule has 0 radical (unpaired) electrons. The Morgan fingerprint density at radius 1 is 1.12 bits per heavy atom. The van der Waals surface area contributed by atoms with Crippen molar-refractivity contribution in [3.05, 3.63) is 58.6 Å². The normalized spacial score (nSPS) is 10.3. The van der Waals surface area contributed by atoms with E-state index in [1.54, 1.807) is 4.90 Å². The van der Waals surface area contributed by atoms with Gasteiger partial charge in [-0.05, 0) is 43.2 Å². The Bertz CT molecular complexity index is 721. The molecule has 0 unspecified atom stereocenters. The Hall–Kier alpha value is -2.33. The van der Waals surface area contributed by atoms with Crippen LogP contribution in [0.4, 0.5) is 11.4 Å². The van der Waals surface area contributed by atoms with E-state index < -0.39 is 0 Å². The number of amides is 2. The standard InChI is InChI=1S/C19H21ClN2O2/c1-13-11-14(2)19(17(20)12-13)21-18(24)9-10-22(15(3)23)16-7-5-4-6-8-16/h4-8,11-12H,9-10H2,1-3H3,(H,21,24). The van der Waals surface area contributed by atoms with Crippen molar-refractivity contribution in [2.24, 2.45) is 0 Å². The van der Waals surface area contributed by atoms with Crippen LogP contribution in [0.25, 0.3) is 0 Å². The molecule has 0 fully saturated rings. The number of anilines is 2. The first-order valence-electron chi connectivity index (χ1n) is 7.78. The largest absolute Gasteiger partial charge is 0.324 e. The minimum atomic E-state index is -0.175. The van der Waals surface area contributed by atoms with Gasteiger partial charge in [-0.2, -0.15) is 0 Å². The summed E-state index contributed by atoms with van der Waals surface area (Å²) in [4.78, 5) is 25.7. The molecule has 1 N–H and O–H groups in total. The van der Waals surface area contributed by atoms with E-state index in [0.717, 1.165) is 16.8 Å². The van der Waals surface area contributed by atoms with Gasteiger partial charge in [0.2, 0.25) is 11.8 Å². The number of carbonyl (C=O) groups excluding carboxylic acids is 2. The summed E-state index contributed by atoms with van der Waals surface area (Å²) in [6.45, 7) is 5.66. The molecule has 4 nitrogen and oxygen atoms in total. The molecule has 5 heteroatoms. The lowest BCUT2D eigenvalue weighted by molar-refractivity contribution is -0.117. The predicted octanol–water partition coefficient (Wildman–Crippen LogP) is 4.34. The quantitative estimate of drug-likeness (QED) is 0.877. The maximum Gasteiger partial charge on any atom is 0.226 e. The summed E-state index contributed by atoms with van der Waals surface area (Å²) >= 11 is 6.21. The number of rotatable bonds is 5. The lowest BCUT2D eigenvalue weighted by atomic mass is 10.1. The molecule has 2 aromatic carbocycles. The van der Waals surface area contributed by atoms with Crippen LogP contribution in [0.15, 0.2) is 42.5 Å². The topological polar surface area (TPSA) is 49.4 Å². The molecular weight excluding hydrogens is 324 g/mol. The number of nitrogens with zero attached hydrogens (tertiary/aromatic N) is 1. The second-order valence-electron chi connectivity index (χ2n) is 5.74. The molecule has 0 aliphatic heterocycles. The van der Waals surface area contributed by atoms with E-state index in [4.69, 9.17) is 11.6 Å². The van der Waals surface area contributed by atoms with Gasteiger partial charge in [0.1, 0.15) is 0 Å². The number of carbonyl (C=O) groups is 2. The summed E-state index contributed by atoms with van der Waals surface area (Å²) in [5, 5.41) is 3.36. The van der Waals surface area contributed by atoms with Gasteiger partial charge in [0.05, 0.1) is 10.7 Å². The van der Waals surface area contributed by atoms with Crippen molar-refractivity contribution in [3.8, 4) is 0 Å². The summed E-state index contributed by atoms with van der Waals surface area (Å²) in [6.07, 6.45) is 0.193. The molecule has 0 bridgehead atoms. The number of benzene rings is 2. The van der Waals surface area contributed by atoms with E-state index in [1.807, 2.05) is 56.3 Å². The van der Waals surface area contributed by atoms with Crippen LogP contribution < -0.4 is 10.2 Å². The van der Waals surface area contributed by atoms with Gasteiger partial charge >= 0.3 is 0 Å². The average molecular weight is 345 g/mol. The average Bonchev–Trinajstić information content (AvgIpc) is 2.51. The number of nitrogens with one attached hydrogen (secondary N) is 1. The molecule has 24 heavy (non-hydrogen) atoms. The third kappa shape index (κ3) is 4.59. The van der Waals surface area contributed by atoms with Gasteiger partial charge in [0.25, 0.3) is 0 Å². The first-order chi connectivity index (χ1) is 11.4. The van der Waals surface area contributed by atoms with Crippen LogP contribution in [0.1, 0.15) is 24.5 Å². The van der Waals surface area contributed by atoms with Gasteiger partial charge in [-0.15, -0.1) is 0 Å². The molecule has 126 valence electrons. The lowest BCUT2D eigenvalue weighted by Gasteiger charge is -2.21. The van der Waals surface area contributed by atoms with Crippen molar-refractivity contribution < 1.29 is 9.59 Å². The molecule has 2 amide bonds. The highest BCUT2D eigenvalue weighted by Gasteiger charge is 2.14. The number of aryl methyl sites for hydroxylation is 2. The first-order valence-corrected chi connectivity index (χ1v) is 8.16. The van der Waals surface area contributed by atoms with Crippen molar-refractivity contribution in [1.82, 2.24) is 0 Å². The molecule has 0 aliphatic carbocycles. The fourth-order valence-electron chi connectivity index (χ4n) is 2.57. The fraction of sp³-hybridized carbons (Fsp3) is 0.263. The lowest BCUT2D eigenvalue weighted by Crippen LogP contribution is -2.32. The summed E-state index contributed by atoms with van der Waals surface area (Å²) in [5.41, 5.74) is 3.37. The molecule has 0 heterocycles. The van der Waals surface area contributed by atoms with Gasteiger partial charge in [-0.1, -0.05) is 35.9 Å². The fourth-order valence-corrected chi connectivity index (χ4v) is 2.93. The Morgan fingerprint density at radius 3 is 2.38 bits per heavy atom. The predicted molar refractivity (Wildman–Crippen MR) is 98.6 cm³/mol. The monoisotopic (exact) mass is 344 g/mol. The summed E-state index contributed by atoms with van der Waals surface area (Å²) < 4.78 is 0. The molecular formula is C19H21ClN2O2. The SMILES string of the molecule is CC(=O)N(CCC(=O)Nc1c(C)cc(C)cc1Cl)c1ccccc1. The van der Waals surface area contributed by atoms with E-state index >= 15 is 0 Å². The minimum Gasteiger partial charge on any atom is -0.324 e. The minimum absolute atomic E-state index is 0.0986. The van der Waals surface area contributed by atoms with Gasteiger partial charge in [-0.25, -0.2) is 0 Å². The molecule has 2 rings (SSSR count). The molecule has 0 aromatic heterocycles. The highest BCUT2D eigenvalue weighted by atomic mass is 35.5. The smallest absolute Gasteiger partial charge is 0.226 e. The van der Waals surface area contributed by atoms with E-state index in [1.165, 1.54) is 6.92 Å². The van der Waals surface area contributed by atoms with E-state index in [-0.39, 0.29) is 18.2 Å².